The Morgan fingerprint density at radius 1 is 1.26 bits per heavy atom. The van der Waals surface area contributed by atoms with Crippen LogP contribution in [0.25, 0.3) is 0 Å². The minimum atomic E-state index is -0.793. The van der Waals surface area contributed by atoms with Crippen LogP contribution in [0.4, 0.5) is 5.69 Å². The van der Waals surface area contributed by atoms with Crippen LogP contribution in [0.5, 0.6) is 0 Å². The molecule has 0 aliphatic carbocycles. The highest BCUT2D eigenvalue weighted by Gasteiger charge is 2.58. The van der Waals surface area contributed by atoms with Crippen LogP contribution in [0.1, 0.15) is 19.3 Å². The summed E-state index contributed by atoms with van der Waals surface area (Å²) in [5, 5.41) is 0.596. The molecule has 0 radical (unpaired) electrons. The fraction of sp³-hybridized carbons (Fsp3) is 0.500. The van der Waals surface area contributed by atoms with Gasteiger partial charge in [0.05, 0.1) is 5.69 Å². The number of amides is 2. The first kappa shape index (κ1) is 15.7. The molecule has 23 heavy (non-hydrogen) atoms. The van der Waals surface area contributed by atoms with E-state index < -0.39 is 4.87 Å². The van der Waals surface area contributed by atoms with Crippen molar-refractivity contribution in [1.82, 2.24) is 4.90 Å². The molecule has 4 rings (SSSR count). The molecule has 0 saturated carbocycles. The third-order valence-electron chi connectivity index (χ3n) is 4.57. The van der Waals surface area contributed by atoms with E-state index in [1.165, 1.54) is 11.8 Å². The van der Waals surface area contributed by atoms with Crippen molar-refractivity contribution in [1.29, 1.82) is 0 Å². The van der Waals surface area contributed by atoms with Crippen molar-refractivity contribution in [3.8, 4) is 0 Å². The fourth-order valence-electron chi connectivity index (χ4n) is 3.50. The summed E-state index contributed by atoms with van der Waals surface area (Å²) >= 11 is 9.53. The summed E-state index contributed by atoms with van der Waals surface area (Å²) in [5.74, 6) is 2.18. The predicted octanol–water partition coefficient (Wildman–Crippen LogP) is 3.23. The number of anilines is 1. The standard InChI is InChI=1S/C16H17ClN2O2S2/c17-11-2-3-13-12(10-11)19-14(20)4-5-16(19,23-13)15(21)18-6-1-8-22-9-7-18/h2-3,10H,1,4-9H2. The Hall–Kier alpha value is -0.850. The second-order valence-corrected chi connectivity index (χ2v) is 8.97. The van der Waals surface area contributed by atoms with Gasteiger partial charge in [-0.05, 0) is 36.8 Å². The van der Waals surface area contributed by atoms with Crippen LogP contribution >= 0.6 is 35.1 Å². The zero-order valence-corrected chi connectivity index (χ0v) is 15.0. The van der Waals surface area contributed by atoms with Gasteiger partial charge in [-0.3, -0.25) is 14.5 Å². The van der Waals surface area contributed by atoms with Gasteiger partial charge in [0.2, 0.25) is 5.91 Å². The van der Waals surface area contributed by atoms with Gasteiger partial charge in [0, 0.05) is 35.2 Å². The summed E-state index contributed by atoms with van der Waals surface area (Å²) in [7, 11) is 0. The lowest BCUT2D eigenvalue weighted by atomic mass is 10.1. The van der Waals surface area contributed by atoms with Gasteiger partial charge in [-0.15, -0.1) is 0 Å². The molecule has 3 aliphatic rings. The zero-order chi connectivity index (χ0) is 16.0. The van der Waals surface area contributed by atoms with E-state index in [2.05, 4.69) is 0 Å². The number of fused-ring (bicyclic) bond motifs is 3. The minimum absolute atomic E-state index is 0.0241. The molecule has 0 bridgehead atoms. The molecular weight excluding hydrogens is 352 g/mol. The maximum Gasteiger partial charge on any atom is 0.259 e. The molecule has 1 atom stereocenters. The van der Waals surface area contributed by atoms with Crippen LogP contribution in [-0.4, -0.2) is 46.2 Å². The zero-order valence-electron chi connectivity index (χ0n) is 12.6. The summed E-state index contributed by atoms with van der Waals surface area (Å²) in [4.78, 5) is 29.6. The van der Waals surface area contributed by atoms with Crippen molar-refractivity contribution >= 4 is 52.6 Å². The Balaban J connectivity index is 1.72. The van der Waals surface area contributed by atoms with Crippen molar-refractivity contribution < 1.29 is 9.59 Å². The van der Waals surface area contributed by atoms with E-state index >= 15 is 0 Å². The SMILES string of the molecule is O=C1CCC2(C(=O)N3CCCSCC3)Sc3ccc(Cl)cc3N12. The molecule has 3 heterocycles. The van der Waals surface area contributed by atoms with E-state index in [9.17, 15) is 9.59 Å². The first-order chi connectivity index (χ1) is 11.1. The van der Waals surface area contributed by atoms with Gasteiger partial charge in [-0.1, -0.05) is 23.4 Å². The molecular formula is C16H17ClN2O2S2. The van der Waals surface area contributed by atoms with Crippen LogP contribution in [0.2, 0.25) is 5.02 Å². The van der Waals surface area contributed by atoms with Gasteiger partial charge in [-0.2, -0.15) is 11.8 Å². The van der Waals surface area contributed by atoms with Crippen molar-refractivity contribution in [3.63, 3.8) is 0 Å². The lowest BCUT2D eigenvalue weighted by Gasteiger charge is -2.34. The molecule has 7 heteroatoms. The highest BCUT2D eigenvalue weighted by atomic mass is 35.5. The molecule has 1 aromatic carbocycles. The maximum absolute atomic E-state index is 13.3. The number of thioether (sulfide) groups is 2. The Labute approximate surface area is 148 Å². The van der Waals surface area contributed by atoms with Crippen LogP contribution in [-0.2, 0) is 9.59 Å². The monoisotopic (exact) mass is 368 g/mol. The molecule has 0 N–H and O–H groups in total. The lowest BCUT2D eigenvalue weighted by molar-refractivity contribution is -0.134. The number of rotatable bonds is 1. The van der Waals surface area contributed by atoms with Gasteiger partial charge in [0.1, 0.15) is 0 Å². The first-order valence-corrected chi connectivity index (χ1v) is 10.2. The smallest absolute Gasteiger partial charge is 0.259 e. The van der Waals surface area contributed by atoms with E-state index in [4.69, 9.17) is 11.6 Å². The van der Waals surface area contributed by atoms with Crippen molar-refractivity contribution in [2.75, 3.05) is 29.5 Å². The average Bonchev–Trinajstić information content (AvgIpc) is 2.88. The summed E-state index contributed by atoms with van der Waals surface area (Å²) in [6.07, 6.45) is 2.02. The molecule has 4 nitrogen and oxygen atoms in total. The van der Waals surface area contributed by atoms with Gasteiger partial charge in [0.25, 0.3) is 5.91 Å². The lowest BCUT2D eigenvalue weighted by Crippen LogP contribution is -2.54. The molecule has 0 aromatic heterocycles. The second kappa shape index (κ2) is 5.90. The average molecular weight is 369 g/mol. The normalized spacial score (nSPS) is 26.9. The number of carbonyl (C=O) groups is 2. The summed E-state index contributed by atoms with van der Waals surface area (Å²) < 4.78 is 0. The van der Waals surface area contributed by atoms with E-state index in [0.717, 1.165) is 41.6 Å². The number of hydrogen-bond acceptors (Lipinski definition) is 4. The van der Waals surface area contributed by atoms with Crippen LogP contribution in [0.3, 0.4) is 0 Å². The number of halogens is 1. The van der Waals surface area contributed by atoms with Crippen LogP contribution < -0.4 is 4.90 Å². The van der Waals surface area contributed by atoms with E-state index in [0.29, 0.717) is 17.9 Å². The van der Waals surface area contributed by atoms with E-state index in [1.54, 1.807) is 11.0 Å². The Morgan fingerprint density at radius 2 is 2.13 bits per heavy atom. The molecule has 0 spiro atoms. The largest absolute Gasteiger partial charge is 0.339 e. The quantitative estimate of drug-likeness (QED) is 0.763. The Kier molecular flexibility index (Phi) is 4.02. The molecule has 2 amide bonds. The van der Waals surface area contributed by atoms with E-state index in [1.807, 2.05) is 28.8 Å². The molecule has 2 fully saturated rings. The Bertz CT molecular complexity index is 676. The van der Waals surface area contributed by atoms with Gasteiger partial charge >= 0.3 is 0 Å². The molecule has 1 aromatic rings. The summed E-state index contributed by atoms with van der Waals surface area (Å²) in [6.45, 7) is 1.55. The minimum Gasteiger partial charge on any atom is -0.339 e. The van der Waals surface area contributed by atoms with Crippen LogP contribution in [0, 0.1) is 0 Å². The highest BCUT2D eigenvalue weighted by Crippen LogP contribution is 2.57. The fourth-order valence-corrected chi connectivity index (χ4v) is 6.02. The molecule has 1 unspecified atom stereocenters. The van der Waals surface area contributed by atoms with Gasteiger partial charge in [-0.25, -0.2) is 0 Å². The van der Waals surface area contributed by atoms with E-state index in [-0.39, 0.29) is 11.8 Å². The van der Waals surface area contributed by atoms with Crippen molar-refractivity contribution in [2.45, 2.75) is 29.0 Å². The summed E-state index contributed by atoms with van der Waals surface area (Å²) in [5.41, 5.74) is 0.794. The maximum atomic E-state index is 13.3. The van der Waals surface area contributed by atoms with Crippen molar-refractivity contribution in [2.24, 2.45) is 0 Å². The molecule has 3 aliphatic heterocycles. The highest BCUT2D eigenvalue weighted by molar-refractivity contribution is 8.02. The first-order valence-electron chi connectivity index (χ1n) is 7.80. The number of benzene rings is 1. The van der Waals surface area contributed by atoms with Crippen molar-refractivity contribution in [3.05, 3.63) is 23.2 Å². The third kappa shape index (κ3) is 2.46. The molecule has 122 valence electrons. The third-order valence-corrected chi connectivity index (χ3v) is 7.32. The van der Waals surface area contributed by atoms with Crippen LogP contribution in [0.15, 0.2) is 23.1 Å². The van der Waals surface area contributed by atoms with Gasteiger partial charge < -0.3 is 4.90 Å². The predicted molar refractivity (Wildman–Crippen MR) is 95.3 cm³/mol. The molecule has 2 saturated heterocycles. The Morgan fingerprint density at radius 3 is 3.00 bits per heavy atom. The summed E-state index contributed by atoms with van der Waals surface area (Å²) in [6, 6.07) is 5.54. The number of nitrogens with zero attached hydrogens (tertiary/aromatic N) is 2. The number of hydrogen-bond donors (Lipinski definition) is 0. The topological polar surface area (TPSA) is 40.6 Å². The second-order valence-electron chi connectivity index (χ2n) is 5.99. The van der Waals surface area contributed by atoms with Gasteiger partial charge in [0.15, 0.2) is 4.87 Å². The number of carbonyl (C=O) groups excluding carboxylic acids is 2.